The van der Waals surface area contributed by atoms with E-state index in [0.717, 1.165) is 78.0 Å². The Hall–Kier alpha value is -3.38. The van der Waals surface area contributed by atoms with Crippen molar-refractivity contribution in [2.75, 3.05) is 31.1 Å². The van der Waals surface area contributed by atoms with Gasteiger partial charge in [0.2, 0.25) is 5.91 Å². The van der Waals surface area contributed by atoms with Gasteiger partial charge in [0.1, 0.15) is 11.6 Å². The minimum atomic E-state index is -0.271. The van der Waals surface area contributed by atoms with E-state index in [1.807, 2.05) is 23.1 Å². The number of anilines is 1. The second kappa shape index (κ2) is 8.07. The van der Waals surface area contributed by atoms with E-state index in [4.69, 9.17) is 9.72 Å². The van der Waals surface area contributed by atoms with Crippen molar-refractivity contribution in [1.82, 2.24) is 9.88 Å². The second-order valence-corrected chi connectivity index (χ2v) is 11.3. The van der Waals surface area contributed by atoms with Crippen LogP contribution in [-0.4, -0.2) is 52.7 Å². The highest BCUT2D eigenvalue weighted by Gasteiger charge is 2.49. The van der Waals surface area contributed by atoms with E-state index in [1.54, 1.807) is 6.07 Å². The molecule has 3 aromatic rings. The number of phenols is 1. The maximum Gasteiger partial charge on any atom is 0.245 e. The molecule has 1 amide bonds. The third-order valence-corrected chi connectivity index (χ3v) is 8.25. The Morgan fingerprint density at radius 3 is 2.67 bits per heavy atom. The molecule has 2 saturated heterocycles. The molecule has 0 radical (unpaired) electrons. The molecule has 2 fully saturated rings. The first-order valence-corrected chi connectivity index (χ1v) is 12.7. The number of hydrogen-bond acceptors (Lipinski definition) is 5. The van der Waals surface area contributed by atoms with Crippen molar-refractivity contribution in [2.45, 2.75) is 45.8 Å². The van der Waals surface area contributed by atoms with Crippen LogP contribution in [-0.2, 0) is 22.6 Å². The summed E-state index contributed by atoms with van der Waals surface area (Å²) in [5.41, 5.74) is 5.51. The van der Waals surface area contributed by atoms with Gasteiger partial charge in [-0.25, -0.2) is 4.98 Å². The zero-order chi connectivity index (χ0) is 25.2. The lowest BCUT2D eigenvalue weighted by Gasteiger charge is -2.47. The topological polar surface area (TPSA) is 65.9 Å². The number of aromatic hydroxyl groups is 1. The van der Waals surface area contributed by atoms with Crippen LogP contribution in [0.5, 0.6) is 5.75 Å². The van der Waals surface area contributed by atoms with Gasteiger partial charge in [-0.3, -0.25) is 4.79 Å². The maximum absolute atomic E-state index is 12.0. The van der Waals surface area contributed by atoms with Crippen LogP contribution in [0.4, 0.5) is 5.82 Å². The number of fused-ring (bicyclic) bond motifs is 2. The summed E-state index contributed by atoms with van der Waals surface area (Å²) in [6.07, 6.45) is 3.21. The number of pyridine rings is 1. The standard InChI is InChI=1S/C30H33N3O3/c1-5-26(35)33-17-30(18-33)12-13-32(16-30)28-19(2)27(23-15-36-29(3,4)14-24(23)31-28)22-10-6-9-21-20(22)8-7-11-25(21)34/h5-11,34H,1,12-18H2,2-4H3. The van der Waals surface area contributed by atoms with E-state index >= 15 is 0 Å². The lowest BCUT2D eigenvalue weighted by molar-refractivity contribution is -0.136. The van der Waals surface area contributed by atoms with Crippen LogP contribution in [0.1, 0.15) is 37.1 Å². The molecule has 0 unspecified atom stereocenters. The van der Waals surface area contributed by atoms with E-state index in [1.165, 1.54) is 11.6 Å². The van der Waals surface area contributed by atoms with Gasteiger partial charge in [0.05, 0.1) is 17.9 Å². The van der Waals surface area contributed by atoms with Crippen LogP contribution < -0.4 is 4.90 Å². The quantitative estimate of drug-likeness (QED) is 0.532. The molecule has 3 aliphatic heterocycles. The molecule has 0 bridgehead atoms. The second-order valence-electron chi connectivity index (χ2n) is 11.3. The Morgan fingerprint density at radius 1 is 1.14 bits per heavy atom. The van der Waals surface area contributed by atoms with E-state index < -0.39 is 0 Å². The number of carbonyl (C=O) groups is 1. The van der Waals surface area contributed by atoms with E-state index in [0.29, 0.717) is 6.61 Å². The molecule has 6 heteroatoms. The molecular formula is C30H33N3O3. The molecule has 4 heterocycles. The predicted octanol–water partition coefficient (Wildman–Crippen LogP) is 4.99. The van der Waals surface area contributed by atoms with Crippen molar-refractivity contribution in [2.24, 2.45) is 5.41 Å². The Balaban J connectivity index is 1.46. The number of phenolic OH excluding ortho intramolecular Hbond substituents is 1. The number of likely N-dealkylation sites (tertiary alicyclic amines) is 1. The van der Waals surface area contributed by atoms with E-state index in [2.05, 4.69) is 44.4 Å². The number of nitrogens with zero attached hydrogens (tertiary/aromatic N) is 3. The zero-order valence-corrected chi connectivity index (χ0v) is 21.3. The smallest absolute Gasteiger partial charge is 0.245 e. The highest BCUT2D eigenvalue weighted by Crippen LogP contribution is 2.46. The maximum atomic E-state index is 12.0. The van der Waals surface area contributed by atoms with Gasteiger partial charge >= 0.3 is 0 Å². The molecule has 6 nitrogen and oxygen atoms in total. The summed E-state index contributed by atoms with van der Waals surface area (Å²) in [6.45, 7) is 14.0. The highest BCUT2D eigenvalue weighted by molar-refractivity contribution is 6.01. The van der Waals surface area contributed by atoms with Gasteiger partial charge in [0, 0.05) is 49.0 Å². The monoisotopic (exact) mass is 483 g/mol. The van der Waals surface area contributed by atoms with Gasteiger partial charge in [-0.15, -0.1) is 0 Å². The summed E-state index contributed by atoms with van der Waals surface area (Å²) in [4.78, 5) is 21.6. The predicted molar refractivity (Wildman–Crippen MR) is 142 cm³/mol. The number of benzene rings is 2. The van der Waals surface area contributed by atoms with Gasteiger partial charge in [0.25, 0.3) is 0 Å². The summed E-state index contributed by atoms with van der Waals surface area (Å²) in [7, 11) is 0. The van der Waals surface area contributed by atoms with Gasteiger partial charge in [-0.2, -0.15) is 0 Å². The zero-order valence-electron chi connectivity index (χ0n) is 21.3. The van der Waals surface area contributed by atoms with Crippen molar-refractivity contribution in [3.05, 3.63) is 65.9 Å². The Labute approximate surface area is 212 Å². The van der Waals surface area contributed by atoms with Crippen LogP contribution >= 0.6 is 0 Å². The molecule has 3 aliphatic rings. The molecule has 6 rings (SSSR count). The minimum absolute atomic E-state index is 0.0193. The summed E-state index contributed by atoms with van der Waals surface area (Å²) in [5, 5.41) is 12.4. The fourth-order valence-corrected chi connectivity index (χ4v) is 6.39. The fourth-order valence-electron chi connectivity index (χ4n) is 6.39. The first kappa shape index (κ1) is 23.0. The third kappa shape index (κ3) is 3.58. The summed E-state index contributed by atoms with van der Waals surface area (Å²) < 4.78 is 6.27. The Kier molecular flexibility index (Phi) is 5.16. The molecule has 36 heavy (non-hydrogen) atoms. The first-order chi connectivity index (χ1) is 17.2. The molecular weight excluding hydrogens is 450 g/mol. The molecule has 186 valence electrons. The van der Waals surface area contributed by atoms with Crippen LogP contribution in [0.25, 0.3) is 21.9 Å². The number of aromatic nitrogens is 1. The summed E-state index contributed by atoms with van der Waals surface area (Å²) in [5.74, 6) is 1.34. The number of rotatable bonds is 3. The van der Waals surface area contributed by atoms with Crippen molar-refractivity contribution in [3.63, 3.8) is 0 Å². The molecule has 1 spiro atoms. The van der Waals surface area contributed by atoms with Crippen LogP contribution in [0.3, 0.4) is 0 Å². The fraction of sp³-hybridized carbons (Fsp3) is 0.400. The lowest BCUT2D eigenvalue weighted by atomic mass is 9.79. The average molecular weight is 484 g/mol. The number of hydrogen-bond donors (Lipinski definition) is 1. The van der Waals surface area contributed by atoms with Crippen LogP contribution in [0, 0.1) is 12.3 Å². The van der Waals surface area contributed by atoms with Crippen molar-refractivity contribution < 1.29 is 14.6 Å². The van der Waals surface area contributed by atoms with Crippen LogP contribution in [0.15, 0.2) is 49.1 Å². The summed E-state index contributed by atoms with van der Waals surface area (Å²) >= 11 is 0. The van der Waals surface area contributed by atoms with Crippen LogP contribution in [0.2, 0.25) is 0 Å². The molecule has 2 aromatic carbocycles. The Morgan fingerprint density at radius 2 is 1.89 bits per heavy atom. The van der Waals surface area contributed by atoms with Crippen molar-refractivity contribution in [3.8, 4) is 16.9 Å². The molecule has 0 aliphatic carbocycles. The SMILES string of the molecule is C=CC(=O)N1CC2(CCN(c3nc4c(c(-c5cccc6c(O)cccc56)c3C)COC(C)(C)C4)C2)C1. The number of ether oxygens (including phenoxy) is 1. The molecule has 0 saturated carbocycles. The van der Waals surface area contributed by atoms with E-state index in [9.17, 15) is 9.90 Å². The largest absolute Gasteiger partial charge is 0.507 e. The van der Waals surface area contributed by atoms with E-state index in [-0.39, 0.29) is 22.7 Å². The Bertz CT molecular complexity index is 1400. The van der Waals surface area contributed by atoms with Crippen molar-refractivity contribution in [1.29, 1.82) is 0 Å². The van der Waals surface area contributed by atoms with Gasteiger partial charge in [-0.1, -0.05) is 36.9 Å². The summed E-state index contributed by atoms with van der Waals surface area (Å²) in [6, 6.07) is 11.8. The molecule has 0 atom stereocenters. The minimum Gasteiger partial charge on any atom is -0.507 e. The third-order valence-electron chi connectivity index (χ3n) is 8.25. The molecule has 1 N–H and O–H groups in total. The van der Waals surface area contributed by atoms with Gasteiger partial charge in [-0.05, 0) is 61.4 Å². The average Bonchev–Trinajstić information content (AvgIpc) is 3.28. The normalized spacial score (nSPS) is 19.9. The first-order valence-electron chi connectivity index (χ1n) is 12.7. The number of carbonyl (C=O) groups excluding carboxylic acids is 1. The molecule has 1 aromatic heterocycles. The highest BCUT2D eigenvalue weighted by atomic mass is 16.5. The van der Waals surface area contributed by atoms with Gasteiger partial charge in [0.15, 0.2) is 0 Å². The van der Waals surface area contributed by atoms with Gasteiger partial charge < -0.3 is 19.6 Å². The number of amides is 1. The lowest BCUT2D eigenvalue weighted by Crippen LogP contribution is -2.59. The van der Waals surface area contributed by atoms with Crippen molar-refractivity contribution >= 4 is 22.5 Å².